The number of carbonyl (C=O) groups is 2. The summed E-state index contributed by atoms with van der Waals surface area (Å²) in [6, 6.07) is 6.18. The second-order valence-corrected chi connectivity index (χ2v) is 3.02. The van der Waals surface area contributed by atoms with Gasteiger partial charge in [0.1, 0.15) is 0 Å². The van der Waals surface area contributed by atoms with E-state index < -0.39 is 11.9 Å². The average Bonchev–Trinajstić information content (AvgIpc) is 2.30. The summed E-state index contributed by atoms with van der Waals surface area (Å²) in [6.45, 7) is 4.15. The van der Waals surface area contributed by atoms with Crippen molar-refractivity contribution in [3.05, 3.63) is 35.4 Å². The Morgan fingerprint density at radius 3 is 1.47 bits per heavy atom. The van der Waals surface area contributed by atoms with Crippen molar-refractivity contribution in [1.82, 2.24) is 0 Å². The third-order valence-electron chi connectivity index (χ3n) is 1.91. The molecule has 0 heterocycles. The monoisotopic (exact) mass is 246 g/mol. The van der Waals surface area contributed by atoms with E-state index in [2.05, 4.69) is 0 Å². The van der Waals surface area contributed by atoms with Gasteiger partial charge in [0, 0.05) is 0 Å². The first-order valence-corrected chi connectivity index (χ1v) is 5.13. The molecule has 0 bridgehead atoms. The molecular weight excluding hydrogens is 231 g/mol. The van der Waals surface area contributed by atoms with Crippen molar-refractivity contribution in [3.63, 3.8) is 0 Å². The van der Waals surface area contributed by atoms with Crippen LogP contribution in [-0.4, -0.2) is 25.2 Å². The van der Waals surface area contributed by atoms with Crippen molar-refractivity contribution in [3.8, 4) is 0 Å². The van der Waals surface area contributed by atoms with E-state index in [9.17, 15) is 9.59 Å². The molecule has 88 valence electrons. The van der Waals surface area contributed by atoms with Crippen LogP contribution in [0.5, 0.6) is 0 Å². The van der Waals surface area contributed by atoms with Crippen LogP contribution in [0.4, 0.5) is 0 Å². The van der Waals surface area contributed by atoms with Crippen molar-refractivity contribution < 1.29 is 50.0 Å². The molecule has 5 heteroatoms. The molecule has 4 nitrogen and oxygen atoms in total. The molecule has 0 atom stereocenters. The standard InChI is InChI=1S/C12H14O4.Na.H/c1-3-15-11(13)9-5-7-10(8-6-9)12(14)16-4-2;;/h5-8H,3-4H2,1-2H3;;/q;+1;-1. The van der Waals surface area contributed by atoms with Gasteiger partial charge in [-0.25, -0.2) is 9.59 Å². The quantitative estimate of drug-likeness (QED) is 0.513. The Bertz CT molecular complexity index is 341. The summed E-state index contributed by atoms with van der Waals surface area (Å²) in [5.41, 5.74) is 0.852. The van der Waals surface area contributed by atoms with Crippen molar-refractivity contribution in [2.75, 3.05) is 13.2 Å². The zero-order valence-electron chi connectivity index (χ0n) is 11.4. The van der Waals surface area contributed by atoms with Gasteiger partial charge in [-0.1, -0.05) is 0 Å². The Balaban J connectivity index is 0. The van der Waals surface area contributed by atoms with Crippen molar-refractivity contribution >= 4 is 11.9 Å². The maximum atomic E-state index is 11.3. The predicted molar refractivity (Wildman–Crippen MR) is 59.5 cm³/mol. The van der Waals surface area contributed by atoms with Gasteiger partial charge in [-0.2, -0.15) is 0 Å². The van der Waals surface area contributed by atoms with Gasteiger partial charge in [0.2, 0.25) is 0 Å². The molecule has 1 aromatic rings. The summed E-state index contributed by atoms with van der Waals surface area (Å²) in [6.07, 6.45) is 0. The molecule has 0 amide bonds. The summed E-state index contributed by atoms with van der Waals surface area (Å²) in [5.74, 6) is -0.782. The molecule has 0 N–H and O–H groups in total. The van der Waals surface area contributed by atoms with Crippen LogP contribution >= 0.6 is 0 Å². The first-order valence-electron chi connectivity index (χ1n) is 5.13. The fourth-order valence-electron chi connectivity index (χ4n) is 1.17. The van der Waals surface area contributed by atoms with Crippen molar-refractivity contribution in [2.24, 2.45) is 0 Å². The van der Waals surface area contributed by atoms with Gasteiger partial charge in [-0.15, -0.1) is 0 Å². The van der Waals surface area contributed by atoms with Gasteiger partial charge >= 0.3 is 41.5 Å². The molecule has 0 saturated heterocycles. The average molecular weight is 246 g/mol. The first kappa shape index (κ1) is 16.2. The van der Waals surface area contributed by atoms with E-state index >= 15 is 0 Å². The minimum Gasteiger partial charge on any atom is -1.00 e. The fraction of sp³-hybridized carbons (Fsp3) is 0.333. The van der Waals surface area contributed by atoms with Crippen LogP contribution < -0.4 is 29.6 Å². The van der Waals surface area contributed by atoms with E-state index in [1.807, 2.05) is 0 Å². The molecular formula is C12H15NaO4. The van der Waals surface area contributed by atoms with Gasteiger partial charge in [0.05, 0.1) is 24.3 Å². The Hall–Kier alpha value is -0.840. The number of hydrogen-bond acceptors (Lipinski definition) is 4. The van der Waals surface area contributed by atoms with Gasteiger partial charge in [-0.3, -0.25) is 0 Å². The molecule has 0 aliphatic rings. The molecule has 1 aromatic carbocycles. The zero-order chi connectivity index (χ0) is 12.0. The minimum absolute atomic E-state index is 0. The number of esters is 2. The van der Waals surface area contributed by atoms with Crippen LogP contribution in [-0.2, 0) is 9.47 Å². The number of carbonyl (C=O) groups excluding carboxylic acids is 2. The molecule has 0 aliphatic heterocycles. The first-order chi connectivity index (χ1) is 7.69. The second-order valence-electron chi connectivity index (χ2n) is 3.02. The number of hydrogen-bond donors (Lipinski definition) is 0. The number of rotatable bonds is 4. The van der Waals surface area contributed by atoms with E-state index in [-0.39, 0.29) is 31.0 Å². The molecule has 1 rings (SSSR count). The summed E-state index contributed by atoms with van der Waals surface area (Å²) in [4.78, 5) is 22.6. The van der Waals surface area contributed by atoms with Gasteiger partial charge in [-0.05, 0) is 38.1 Å². The summed E-state index contributed by atoms with van der Waals surface area (Å²) < 4.78 is 9.64. The van der Waals surface area contributed by atoms with Crippen LogP contribution in [0.25, 0.3) is 0 Å². The zero-order valence-corrected chi connectivity index (χ0v) is 12.4. The summed E-state index contributed by atoms with van der Waals surface area (Å²) in [5, 5.41) is 0. The topological polar surface area (TPSA) is 52.6 Å². The second kappa shape index (κ2) is 8.28. The summed E-state index contributed by atoms with van der Waals surface area (Å²) >= 11 is 0. The largest absolute Gasteiger partial charge is 1.00 e. The maximum absolute atomic E-state index is 11.3. The molecule has 0 radical (unpaired) electrons. The third-order valence-corrected chi connectivity index (χ3v) is 1.91. The molecule has 0 fully saturated rings. The van der Waals surface area contributed by atoms with E-state index in [0.717, 1.165) is 0 Å². The van der Waals surface area contributed by atoms with Crippen molar-refractivity contribution in [2.45, 2.75) is 13.8 Å². The fourth-order valence-corrected chi connectivity index (χ4v) is 1.17. The Labute approximate surface area is 124 Å². The van der Waals surface area contributed by atoms with Crippen LogP contribution in [0.2, 0.25) is 0 Å². The number of benzene rings is 1. The van der Waals surface area contributed by atoms with E-state index in [1.54, 1.807) is 38.1 Å². The maximum Gasteiger partial charge on any atom is 1.00 e. The van der Waals surface area contributed by atoms with Crippen molar-refractivity contribution in [1.29, 1.82) is 0 Å². The Morgan fingerprint density at radius 2 is 1.24 bits per heavy atom. The van der Waals surface area contributed by atoms with Crippen LogP contribution in [0.15, 0.2) is 24.3 Å². The molecule has 0 saturated carbocycles. The van der Waals surface area contributed by atoms with Gasteiger partial charge < -0.3 is 10.9 Å². The van der Waals surface area contributed by atoms with E-state index in [0.29, 0.717) is 24.3 Å². The predicted octanol–water partition coefficient (Wildman–Crippen LogP) is -0.843. The van der Waals surface area contributed by atoms with Crippen LogP contribution in [0, 0.1) is 0 Å². The third kappa shape index (κ3) is 4.89. The Morgan fingerprint density at radius 1 is 0.941 bits per heavy atom. The molecule has 0 aliphatic carbocycles. The normalized spacial score (nSPS) is 9.06. The van der Waals surface area contributed by atoms with Gasteiger partial charge in [0.15, 0.2) is 0 Å². The van der Waals surface area contributed by atoms with Gasteiger partial charge in [0.25, 0.3) is 0 Å². The molecule has 0 spiro atoms. The smallest absolute Gasteiger partial charge is 1.00 e. The van der Waals surface area contributed by atoms with E-state index in [1.165, 1.54) is 0 Å². The number of ether oxygens (including phenoxy) is 2. The van der Waals surface area contributed by atoms with Crippen LogP contribution in [0.1, 0.15) is 36.0 Å². The minimum atomic E-state index is -0.391. The summed E-state index contributed by atoms with van der Waals surface area (Å²) in [7, 11) is 0. The van der Waals surface area contributed by atoms with E-state index in [4.69, 9.17) is 9.47 Å². The molecule has 17 heavy (non-hydrogen) atoms. The van der Waals surface area contributed by atoms with Crippen LogP contribution in [0.3, 0.4) is 0 Å². The molecule has 0 unspecified atom stereocenters. The Kier molecular flexibility index (Phi) is 7.87. The molecule has 0 aromatic heterocycles. The SMILES string of the molecule is CCOC(=O)c1ccc(C(=O)OCC)cc1.[H-].[Na+].